The lowest BCUT2D eigenvalue weighted by Crippen LogP contribution is -2.33. The molecule has 1 aromatic carbocycles. The number of hydrogen-bond donors (Lipinski definition) is 0. The number of rotatable bonds is 7. The fourth-order valence-corrected chi connectivity index (χ4v) is 3.33. The predicted molar refractivity (Wildman–Crippen MR) is 97.8 cm³/mol. The monoisotopic (exact) mass is 354 g/mol. The van der Waals surface area contributed by atoms with Crippen LogP contribution in [0.4, 0.5) is 4.39 Å². The smallest absolute Gasteiger partial charge is 0.228 e. The van der Waals surface area contributed by atoms with E-state index in [2.05, 4.69) is 4.98 Å². The van der Waals surface area contributed by atoms with Gasteiger partial charge in [-0.15, -0.1) is 11.3 Å². The Morgan fingerprint density at radius 1 is 1.12 bits per heavy atom. The van der Waals surface area contributed by atoms with E-state index in [0.29, 0.717) is 31.5 Å². The van der Waals surface area contributed by atoms with Crippen LogP contribution in [0.25, 0.3) is 0 Å². The number of hydrogen-bond acceptors (Lipinski definition) is 3. The highest BCUT2D eigenvalue weighted by Gasteiger charge is 2.16. The summed E-state index contributed by atoms with van der Waals surface area (Å²) in [5.41, 5.74) is 1.60. The Hall–Kier alpha value is -2.53. The molecule has 0 fully saturated rings. The molecule has 3 nitrogen and oxygen atoms in total. The van der Waals surface area contributed by atoms with Crippen LogP contribution in [-0.4, -0.2) is 22.3 Å². The van der Waals surface area contributed by atoms with Crippen molar-refractivity contribution in [1.82, 2.24) is 9.88 Å². The topological polar surface area (TPSA) is 33.2 Å². The quantitative estimate of drug-likeness (QED) is 0.640. The molecule has 0 saturated heterocycles. The molecule has 0 aliphatic carbocycles. The second-order valence-electron chi connectivity index (χ2n) is 5.77. The van der Waals surface area contributed by atoms with E-state index in [4.69, 9.17) is 0 Å². The van der Waals surface area contributed by atoms with E-state index in [-0.39, 0.29) is 11.7 Å². The number of thiophene rings is 1. The fraction of sp³-hybridized carbons (Fsp3) is 0.200. The largest absolute Gasteiger partial charge is 0.338 e. The molecular weight excluding hydrogens is 335 g/mol. The van der Waals surface area contributed by atoms with E-state index in [1.54, 1.807) is 40.8 Å². The number of carbonyl (C=O) groups excluding carboxylic acids is 1. The third-order valence-corrected chi connectivity index (χ3v) is 4.84. The molecule has 0 N–H and O–H groups in total. The number of amides is 1. The van der Waals surface area contributed by atoms with Crippen molar-refractivity contribution in [2.24, 2.45) is 0 Å². The summed E-state index contributed by atoms with van der Waals surface area (Å²) < 4.78 is 13.9. The molecule has 0 radical (unpaired) electrons. The van der Waals surface area contributed by atoms with Gasteiger partial charge in [0, 0.05) is 30.4 Å². The first-order valence-electron chi connectivity index (χ1n) is 8.15. The van der Waals surface area contributed by atoms with Crippen molar-refractivity contribution in [3.05, 3.63) is 88.1 Å². The SMILES string of the molecule is O=C(Cc1cccs1)N(CCc1ccccc1F)Cc1cccnc1. The van der Waals surface area contributed by atoms with Crippen LogP contribution in [0.15, 0.2) is 66.3 Å². The molecule has 1 amide bonds. The van der Waals surface area contributed by atoms with Gasteiger partial charge < -0.3 is 4.90 Å². The first kappa shape index (κ1) is 17.3. The summed E-state index contributed by atoms with van der Waals surface area (Å²) in [7, 11) is 0. The number of halogens is 1. The molecule has 0 unspecified atom stereocenters. The lowest BCUT2D eigenvalue weighted by Gasteiger charge is -2.23. The maximum absolute atomic E-state index is 13.9. The molecule has 0 saturated carbocycles. The van der Waals surface area contributed by atoms with Crippen molar-refractivity contribution >= 4 is 17.2 Å². The molecule has 0 bridgehead atoms. The summed E-state index contributed by atoms with van der Waals surface area (Å²) in [6, 6.07) is 14.4. The number of aromatic nitrogens is 1. The second-order valence-corrected chi connectivity index (χ2v) is 6.81. The van der Waals surface area contributed by atoms with E-state index in [1.165, 1.54) is 6.07 Å². The van der Waals surface area contributed by atoms with Gasteiger partial charge in [0.25, 0.3) is 0 Å². The Bertz CT molecular complexity index is 806. The predicted octanol–water partition coefficient (Wildman–Crippen LogP) is 4.10. The average Bonchev–Trinajstić information content (AvgIpc) is 3.13. The van der Waals surface area contributed by atoms with Gasteiger partial charge in [0.2, 0.25) is 5.91 Å². The highest BCUT2D eigenvalue weighted by atomic mass is 32.1. The van der Waals surface area contributed by atoms with E-state index >= 15 is 0 Å². The van der Waals surface area contributed by atoms with Gasteiger partial charge in [0.1, 0.15) is 5.82 Å². The van der Waals surface area contributed by atoms with Crippen molar-refractivity contribution < 1.29 is 9.18 Å². The average molecular weight is 354 g/mol. The van der Waals surface area contributed by atoms with Crippen LogP contribution in [-0.2, 0) is 24.2 Å². The van der Waals surface area contributed by atoms with Crippen LogP contribution in [0, 0.1) is 5.82 Å². The molecule has 0 spiro atoms. The van der Waals surface area contributed by atoms with E-state index in [9.17, 15) is 9.18 Å². The number of carbonyl (C=O) groups is 1. The van der Waals surface area contributed by atoms with Crippen LogP contribution < -0.4 is 0 Å². The maximum Gasteiger partial charge on any atom is 0.228 e. The highest BCUT2D eigenvalue weighted by molar-refractivity contribution is 7.10. The van der Waals surface area contributed by atoms with Crippen LogP contribution in [0.3, 0.4) is 0 Å². The zero-order valence-corrected chi connectivity index (χ0v) is 14.6. The zero-order chi connectivity index (χ0) is 17.5. The summed E-state index contributed by atoms with van der Waals surface area (Å²) in [5.74, 6) is -0.183. The Balaban J connectivity index is 1.71. The van der Waals surface area contributed by atoms with Gasteiger partial charge >= 0.3 is 0 Å². The van der Waals surface area contributed by atoms with Crippen molar-refractivity contribution in [2.45, 2.75) is 19.4 Å². The Morgan fingerprint density at radius 3 is 2.72 bits per heavy atom. The molecular formula is C20H19FN2OS. The molecule has 0 aliphatic rings. The number of nitrogens with zero attached hydrogens (tertiary/aromatic N) is 2. The summed E-state index contributed by atoms with van der Waals surface area (Å²) in [6.45, 7) is 0.951. The molecule has 3 rings (SSSR count). The standard InChI is InChI=1S/C20H19FN2OS/c21-19-8-2-1-6-17(19)9-11-23(15-16-5-3-10-22-14-16)20(24)13-18-7-4-12-25-18/h1-8,10,12,14H,9,11,13,15H2. The number of benzene rings is 1. The molecule has 3 aromatic rings. The molecule has 0 atom stereocenters. The lowest BCUT2D eigenvalue weighted by atomic mass is 10.1. The molecule has 25 heavy (non-hydrogen) atoms. The summed E-state index contributed by atoms with van der Waals surface area (Å²) in [5, 5.41) is 1.97. The van der Waals surface area contributed by atoms with Gasteiger partial charge in [-0.3, -0.25) is 9.78 Å². The van der Waals surface area contributed by atoms with Gasteiger partial charge in [-0.25, -0.2) is 4.39 Å². The molecule has 128 valence electrons. The highest BCUT2D eigenvalue weighted by Crippen LogP contribution is 2.14. The Morgan fingerprint density at radius 2 is 2.00 bits per heavy atom. The fourth-order valence-electron chi connectivity index (χ4n) is 2.63. The minimum atomic E-state index is -0.227. The first-order valence-corrected chi connectivity index (χ1v) is 9.03. The normalized spacial score (nSPS) is 10.6. The minimum absolute atomic E-state index is 0.0441. The van der Waals surface area contributed by atoms with E-state index in [1.807, 2.05) is 35.7 Å². The van der Waals surface area contributed by atoms with E-state index < -0.39 is 0 Å². The molecule has 5 heteroatoms. The van der Waals surface area contributed by atoms with Crippen LogP contribution in [0.5, 0.6) is 0 Å². The van der Waals surface area contributed by atoms with Gasteiger partial charge in [0.15, 0.2) is 0 Å². The number of pyridine rings is 1. The van der Waals surface area contributed by atoms with Gasteiger partial charge in [0.05, 0.1) is 6.42 Å². The maximum atomic E-state index is 13.9. The third kappa shape index (κ3) is 4.97. The van der Waals surface area contributed by atoms with Crippen molar-refractivity contribution in [3.8, 4) is 0 Å². The minimum Gasteiger partial charge on any atom is -0.338 e. The van der Waals surface area contributed by atoms with Gasteiger partial charge in [-0.2, -0.15) is 0 Å². The Labute approximate surface area is 150 Å². The van der Waals surface area contributed by atoms with Crippen molar-refractivity contribution in [2.75, 3.05) is 6.54 Å². The van der Waals surface area contributed by atoms with E-state index in [0.717, 1.165) is 10.4 Å². The zero-order valence-electron chi connectivity index (χ0n) is 13.8. The Kier molecular flexibility index (Phi) is 5.90. The van der Waals surface area contributed by atoms with Gasteiger partial charge in [-0.1, -0.05) is 30.3 Å². The second kappa shape index (κ2) is 8.53. The van der Waals surface area contributed by atoms with Crippen molar-refractivity contribution in [3.63, 3.8) is 0 Å². The van der Waals surface area contributed by atoms with Crippen LogP contribution in [0.1, 0.15) is 16.0 Å². The lowest BCUT2D eigenvalue weighted by molar-refractivity contribution is -0.131. The molecule has 2 heterocycles. The summed E-state index contributed by atoms with van der Waals surface area (Å²) >= 11 is 1.57. The van der Waals surface area contributed by atoms with Crippen LogP contribution >= 0.6 is 11.3 Å². The molecule has 2 aromatic heterocycles. The van der Waals surface area contributed by atoms with Crippen molar-refractivity contribution in [1.29, 1.82) is 0 Å². The van der Waals surface area contributed by atoms with Crippen LogP contribution in [0.2, 0.25) is 0 Å². The molecule has 0 aliphatic heterocycles. The van der Waals surface area contributed by atoms with Gasteiger partial charge in [-0.05, 0) is 41.1 Å². The third-order valence-electron chi connectivity index (χ3n) is 3.96. The first-order chi connectivity index (χ1) is 12.2. The summed E-state index contributed by atoms with van der Waals surface area (Å²) in [4.78, 5) is 19.7. The summed E-state index contributed by atoms with van der Waals surface area (Å²) in [6.07, 6.45) is 4.33.